The van der Waals surface area contributed by atoms with Crippen LogP contribution in [-0.2, 0) is 34.8 Å². The van der Waals surface area contributed by atoms with Crippen LogP contribution in [0.3, 0.4) is 0 Å². The Labute approximate surface area is 198 Å². The van der Waals surface area contributed by atoms with E-state index in [-0.39, 0.29) is 23.8 Å². The van der Waals surface area contributed by atoms with E-state index in [1.165, 1.54) is 15.3 Å². The molecule has 0 spiro atoms. The quantitative estimate of drug-likeness (QED) is 0.507. The lowest BCUT2D eigenvalue weighted by Gasteiger charge is -2.25. The van der Waals surface area contributed by atoms with Crippen LogP contribution in [0.2, 0.25) is 0 Å². The van der Waals surface area contributed by atoms with Crippen LogP contribution in [0.4, 0.5) is 8.78 Å². The number of rotatable bonds is 7. The number of amides is 1. The van der Waals surface area contributed by atoms with E-state index in [4.69, 9.17) is 0 Å². The van der Waals surface area contributed by atoms with Crippen LogP contribution in [0.1, 0.15) is 37.1 Å². The first-order chi connectivity index (χ1) is 16.2. The van der Waals surface area contributed by atoms with Crippen LogP contribution in [0.5, 0.6) is 0 Å². The Kier molecular flexibility index (Phi) is 6.99. The number of hydrogen-bond acceptors (Lipinski definition) is 4. The first-order valence-corrected chi connectivity index (χ1v) is 12.7. The first kappa shape index (κ1) is 24.3. The number of benzene rings is 2. The predicted molar refractivity (Wildman–Crippen MR) is 124 cm³/mol. The second-order valence-corrected chi connectivity index (χ2v) is 10.6. The molecule has 34 heavy (non-hydrogen) atoms. The van der Waals surface area contributed by atoms with Crippen LogP contribution in [0.25, 0.3) is 11.0 Å². The zero-order chi connectivity index (χ0) is 24.5. The molecule has 2 heterocycles. The van der Waals surface area contributed by atoms with Gasteiger partial charge in [0.05, 0.1) is 15.9 Å². The molecule has 1 amide bonds. The molecule has 182 valence electrons. The zero-order valence-corrected chi connectivity index (χ0v) is 20.1. The molecule has 0 saturated carbocycles. The predicted octanol–water partition coefficient (Wildman–Crippen LogP) is 3.62. The average Bonchev–Trinajstić information content (AvgIpc) is 3.15. The number of halogens is 2. The van der Waals surface area contributed by atoms with E-state index >= 15 is 0 Å². The Morgan fingerprint density at radius 1 is 1.06 bits per heavy atom. The molecule has 1 aliphatic heterocycles. The number of carbonyl (C=O) groups excluding carboxylic acids is 1. The van der Waals surface area contributed by atoms with Crippen molar-refractivity contribution in [3.05, 3.63) is 59.4 Å². The maximum atomic E-state index is 13.4. The summed E-state index contributed by atoms with van der Waals surface area (Å²) in [6, 6.07) is 8.53. The fourth-order valence-electron chi connectivity index (χ4n) is 4.28. The van der Waals surface area contributed by atoms with Crippen molar-refractivity contribution in [3.63, 3.8) is 0 Å². The number of aryl methyl sites for hydroxylation is 2. The van der Waals surface area contributed by atoms with E-state index in [0.717, 1.165) is 36.9 Å². The van der Waals surface area contributed by atoms with Gasteiger partial charge in [-0.25, -0.2) is 22.2 Å². The van der Waals surface area contributed by atoms with Gasteiger partial charge in [-0.15, -0.1) is 0 Å². The number of carbonyl (C=O) groups is 1. The van der Waals surface area contributed by atoms with E-state index in [1.54, 1.807) is 25.2 Å². The third-order valence-electron chi connectivity index (χ3n) is 6.29. The number of fused-ring (bicyclic) bond motifs is 1. The lowest BCUT2D eigenvalue weighted by Crippen LogP contribution is -2.35. The van der Waals surface area contributed by atoms with Crippen LogP contribution < -0.4 is 0 Å². The Morgan fingerprint density at radius 3 is 2.50 bits per heavy atom. The molecule has 0 unspecified atom stereocenters. The van der Waals surface area contributed by atoms with Crippen molar-refractivity contribution in [2.75, 3.05) is 20.1 Å². The van der Waals surface area contributed by atoms with Crippen molar-refractivity contribution in [3.8, 4) is 0 Å². The molecule has 2 aromatic carbocycles. The average molecular weight is 491 g/mol. The summed E-state index contributed by atoms with van der Waals surface area (Å²) in [5.74, 6) is -1.37. The van der Waals surface area contributed by atoms with Gasteiger partial charge in [0, 0.05) is 46.6 Å². The molecule has 0 atom stereocenters. The van der Waals surface area contributed by atoms with Gasteiger partial charge in [-0.3, -0.25) is 4.79 Å². The zero-order valence-electron chi connectivity index (χ0n) is 19.3. The smallest absolute Gasteiger partial charge is 0.243 e. The van der Waals surface area contributed by atoms with Gasteiger partial charge in [0.2, 0.25) is 15.9 Å². The van der Waals surface area contributed by atoms with E-state index < -0.39 is 21.7 Å². The highest BCUT2D eigenvalue weighted by molar-refractivity contribution is 7.89. The van der Waals surface area contributed by atoms with Crippen molar-refractivity contribution in [2.45, 2.75) is 43.5 Å². The SMILES string of the molecule is CN(Cc1ccc(F)c(F)c1)C(=O)CCc1nc2cc(S(=O)(=O)N3CCCCC3)ccc2n1C. The summed E-state index contributed by atoms with van der Waals surface area (Å²) in [5.41, 5.74) is 1.85. The summed E-state index contributed by atoms with van der Waals surface area (Å²) >= 11 is 0. The van der Waals surface area contributed by atoms with Gasteiger partial charge < -0.3 is 9.47 Å². The fourth-order valence-corrected chi connectivity index (χ4v) is 5.82. The molecule has 4 rings (SSSR count). The summed E-state index contributed by atoms with van der Waals surface area (Å²) in [4.78, 5) is 18.9. The van der Waals surface area contributed by atoms with Gasteiger partial charge in [0.15, 0.2) is 11.6 Å². The highest BCUT2D eigenvalue weighted by Gasteiger charge is 2.26. The Bertz CT molecular complexity index is 1320. The van der Waals surface area contributed by atoms with Gasteiger partial charge in [0.25, 0.3) is 0 Å². The summed E-state index contributed by atoms with van der Waals surface area (Å²) in [6.45, 7) is 1.23. The fraction of sp³-hybridized carbons (Fsp3) is 0.417. The minimum Gasteiger partial charge on any atom is -0.341 e. The van der Waals surface area contributed by atoms with Crippen molar-refractivity contribution in [1.29, 1.82) is 0 Å². The molecule has 0 bridgehead atoms. The largest absolute Gasteiger partial charge is 0.341 e. The van der Waals surface area contributed by atoms with Crippen LogP contribution in [0.15, 0.2) is 41.3 Å². The first-order valence-electron chi connectivity index (χ1n) is 11.3. The molecule has 7 nitrogen and oxygen atoms in total. The molecule has 1 fully saturated rings. The molecule has 1 saturated heterocycles. The van der Waals surface area contributed by atoms with E-state index in [1.807, 2.05) is 11.6 Å². The van der Waals surface area contributed by atoms with Gasteiger partial charge >= 0.3 is 0 Å². The summed E-state index contributed by atoms with van der Waals surface area (Å²) in [7, 11) is -0.117. The molecule has 0 N–H and O–H groups in total. The van der Waals surface area contributed by atoms with Crippen LogP contribution in [0, 0.1) is 11.6 Å². The Balaban J connectivity index is 1.45. The summed E-state index contributed by atoms with van der Waals surface area (Å²) < 4.78 is 55.9. The lowest BCUT2D eigenvalue weighted by molar-refractivity contribution is -0.130. The number of imidazole rings is 1. The molecular formula is C24H28F2N4O3S. The number of piperidine rings is 1. The van der Waals surface area contributed by atoms with Gasteiger partial charge in [-0.1, -0.05) is 12.5 Å². The molecular weight excluding hydrogens is 462 g/mol. The summed E-state index contributed by atoms with van der Waals surface area (Å²) in [5, 5.41) is 0. The standard InChI is InChI=1S/C24H28F2N4O3S/c1-28(16-17-6-8-19(25)20(26)14-17)24(31)11-10-23-27-21-15-18(7-9-22(21)29(23)2)34(32,33)30-12-4-3-5-13-30/h6-9,14-15H,3-5,10-13,16H2,1-2H3. The van der Waals surface area contributed by atoms with Crippen LogP contribution >= 0.6 is 0 Å². The maximum absolute atomic E-state index is 13.4. The van der Waals surface area contributed by atoms with Crippen LogP contribution in [-0.4, -0.2) is 53.2 Å². The molecule has 0 radical (unpaired) electrons. The van der Waals surface area contributed by atoms with Gasteiger partial charge in [0.1, 0.15) is 5.82 Å². The second-order valence-electron chi connectivity index (χ2n) is 8.70. The van der Waals surface area contributed by atoms with E-state index in [2.05, 4.69) is 4.98 Å². The highest BCUT2D eigenvalue weighted by atomic mass is 32.2. The maximum Gasteiger partial charge on any atom is 0.243 e. The normalized spacial score (nSPS) is 15.1. The minimum atomic E-state index is -3.56. The Hall–Kier alpha value is -2.85. The van der Waals surface area contributed by atoms with Crippen molar-refractivity contribution >= 4 is 27.0 Å². The Morgan fingerprint density at radius 2 is 1.79 bits per heavy atom. The molecule has 3 aromatic rings. The molecule has 1 aromatic heterocycles. The summed E-state index contributed by atoms with van der Waals surface area (Å²) in [6.07, 6.45) is 3.32. The highest BCUT2D eigenvalue weighted by Crippen LogP contribution is 2.25. The number of hydrogen-bond donors (Lipinski definition) is 0. The monoisotopic (exact) mass is 490 g/mol. The van der Waals surface area contributed by atoms with Gasteiger partial charge in [-0.2, -0.15) is 4.31 Å². The molecule has 0 aliphatic carbocycles. The van der Waals surface area contributed by atoms with Crippen molar-refractivity contribution in [1.82, 2.24) is 18.8 Å². The van der Waals surface area contributed by atoms with E-state index in [0.29, 0.717) is 36.4 Å². The topological polar surface area (TPSA) is 75.5 Å². The number of aromatic nitrogens is 2. The van der Waals surface area contributed by atoms with Gasteiger partial charge in [-0.05, 0) is 48.7 Å². The molecule has 10 heteroatoms. The molecule has 1 aliphatic rings. The number of sulfonamides is 1. The lowest BCUT2D eigenvalue weighted by atomic mass is 10.2. The van der Waals surface area contributed by atoms with Crippen molar-refractivity contribution < 1.29 is 22.0 Å². The van der Waals surface area contributed by atoms with E-state index in [9.17, 15) is 22.0 Å². The third kappa shape index (κ3) is 4.97. The minimum absolute atomic E-state index is 0.162. The number of nitrogens with zero attached hydrogens (tertiary/aromatic N) is 4. The third-order valence-corrected chi connectivity index (χ3v) is 8.18. The van der Waals surface area contributed by atoms with Crippen molar-refractivity contribution in [2.24, 2.45) is 7.05 Å². The second kappa shape index (κ2) is 9.79.